The Morgan fingerprint density at radius 3 is 2.81 bits per heavy atom. The summed E-state index contributed by atoms with van der Waals surface area (Å²) in [5, 5.41) is 8.93. The van der Waals surface area contributed by atoms with Gasteiger partial charge in [0.15, 0.2) is 0 Å². The van der Waals surface area contributed by atoms with Crippen molar-refractivity contribution in [1.29, 1.82) is 0 Å². The van der Waals surface area contributed by atoms with Crippen LogP contribution in [0.5, 0.6) is 5.75 Å². The van der Waals surface area contributed by atoms with Gasteiger partial charge in [0.2, 0.25) is 0 Å². The average molecular weight is 368 g/mol. The highest BCUT2D eigenvalue weighted by atomic mass is 16.5. The van der Waals surface area contributed by atoms with Gasteiger partial charge in [0.05, 0.1) is 12.8 Å². The number of anilines is 2. The molecule has 3 amide bonds. The highest BCUT2D eigenvalue weighted by Gasteiger charge is 2.25. The number of nitrogens with one attached hydrogen (secondary N) is 3. The fourth-order valence-electron chi connectivity index (χ4n) is 2.98. The number of ether oxygens (including phenoxy) is 1. The predicted molar refractivity (Wildman–Crippen MR) is 106 cm³/mol. The third-order valence-corrected chi connectivity index (χ3v) is 4.35. The van der Waals surface area contributed by atoms with E-state index in [1.54, 1.807) is 30.2 Å². The smallest absolute Gasteiger partial charge is 0.322 e. The highest BCUT2D eigenvalue weighted by molar-refractivity contribution is 6.06. The second-order valence-electron chi connectivity index (χ2n) is 6.21. The van der Waals surface area contributed by atoms with Crippen LogP contribution in [0.25, 0.3) is 0 Å². The van der Waals surface area contributed by atoms with Crippen molar-refractivity contribution in [3.05, 3.63) is 53.6 Å². The number of nitrogens with zero attached hydrogens (tertiary/aromatic N) is 1. The summed E-state index contributed by atoms with van der Waals surface area (Å²) >= 11 is 0. The minimum absolute atomic E-state index is 0.193. The van der Waals surface area contributed by atoms with Gasteiger partial charge in [-0.15, -0.1) is 0 Å². The summed E-state index contributed by atoms with van der Waals surface area (Å²) in [7, 11) is 1.54. The van der Waals surface area contributed by atoms with Crippen molar-refractivity contribution in [3.63, 3.8) is 0 Å². The first-order valence-electron chi connectivity index (χ1n) is 8.96. The highest BCUT2D eigenvalue weighted by Crippen LogP contribution is 2.30. The zero-order valence-corrected chi connectivity index (χ0v) is 15.5. The second-order valence-corrected chi connectivity index (χ2v) is 6.21. The van der Waals surface area contributed by atoms with E-state index in [0.29, 0.717) is 30.1 Å². The molecule has 0 unspecified atom stereocenters. The number of amides is 3. The molecule has 2 aromatic carbocycles. The van der Waals surface area contributed by atoms with E-state index in [-0.39, 0.29) is 11.9 Å². The Hall–Kier alpha value is -3.06. The minimum Gasteiger partial charge on any atom is -0.495 e. The fourth-order valence-corrected chi connectivity index (χ4v) is 2.98. The number of urea groups is 1. The first kappa shape index (κ1) is 18.7. The molecule has 0 radical (unpaired) electrons. The number of hydrogen-bond donors (Lipinski definition) is 3. The predicted octanol–water partition coefficient (Wildman–Crippen LogP) is 2.59. The maximum absolute atomic E-state index is 12.7. The van der Waals surface area contributed by atoms with Crippen LogP contribution < -0.4 is 25.6 Å². The molecule has 0 aromatic heterocycles. The number of carbonyl (C=O) groups is 2. The van der Waals surface area contributed by atoms with Gasteiger partial charge in [0.1, 0.15) is 5.75 Å². The SMILES string of the molecule is CCNCc1cccc(NC(=O)c2ccc(OC)c(N3CCNC3=O)c2)c1. The molecular formula is C20H24N4O3. The Balaban J connectivity index is 1.80. The first-order chi connectivity index (χ1) is 13.1. The fraction of sp³-hybridized carbons (Fsp3) is 0.300. The van der Waals surface area contributed by atoms with Gasteiger partial charge >= 0.3 is 6.03 Å². The molecule has 2 aromatic rings. The zero-order valence-electron chi connectivity index (χ0n) is 15.5. The topological polar surface area (TPSA) is 82.7 Å². The van der Waals surface area contributed by atoms with Crippen molar-refractivity contribution >= 4 is 23.3 Å². The van der Waals surface area contributed by atoms with Crippen molar-refractivity contribution in [2.45, 2.75) is 13.5 Å². The molecule has 1 heterocycles. The molecule has 0 aliphatic carbocycles. The number of methoxy groups -OCH3 is 1. The Labute approximate surface area is 158 Å². The lowest BCUT2D eigenvalue weighted by Gasteiger charge is -2.18. The molecule has 7 nitrogen and oxygen atoms in total. The minimum atomic E-state index is -0.237. The molecule has 0 bridgehead atoms. The standard InChI is InChI=1S/C20H24N4O3/c1-3-21-13-14-5-4-6-16(11-14)23-19(25)15-7-8-18(27-2)17(12-15)24-10-9-22-20(24)26/h4-8,11-12,21H,3,9-10,13H2,1-2H3,(H,22,26)(H,23,25). The van der Waals surface area contributed by atoms with Crippen LogP contribution in [0.4, 0.5) is 16.2 Å². The van der Waals surface area contributed by atoms with E-state index < -0.39 is 0 Å². The van der Waals surface area contributed by atoms with Crippen LogP contribution in [0.2, 0.25) is 0 Å². The summed E-state index contributed by atoms with van der Waals surface area (Å²) in [5.74, 6) is 0.315. The van der Waals surface area contributed by atoms with Gasteiger partial charge in [0.25, 0.3) is 5.91 Å². The largest absolute Gasteiger partial charge is 0.495 e. The zero-order chi connectivity index (χ0) is 19.2. The van der Waals surface area contributed by atoms with Gasteiger partial charge in [-0.1, -0.05) is 19.1 Å². The lowest BCUT2D eigenvalue weighted by Crippen LogP contribution is -2.28. The molecule has 7 heteroatoms. The van der Waals surface area contributed by atoms with E-state index in [2.05, 4.69) is 16.0 Å². The van der Waals surface area contributed by atoms with Crippen LogP contribution in [-0.4, -0.2) is 38.7 Å². The summed E-state index contributed by atoms with van der Waals surface area (Å²) in [6.45, 7) is 4.78. The molecule has 0 atom stereocenters. The third kappa shape index (κ3) is 4.38. The molecule has 0 saturated carbocycles. The average Bonchev–Trinajstić information content (AvgIpc) is 3.11. The van der Waals surface area contributed by atoms with E-state index in [1.165, 1.54) is 0 Å². The Morgan fingerprint density at radius 1 is 1.26 bits per heavy atom. The third-order valence-electron chi connectivity index (χ3n) is 4.35. The molecule has 1 aliphatic rings. The maximum Gasteiger partial charge on any atom is 0.322 e. The Morgan fingerprint density at radius 2 is 2.11 bits per heavy atom. The maximum atomic E-state index is 12.7. The molecule has 142 valence electrons. The molecular weight excluding hydrogens is 344 g/mol. The molecule has 1 fully saturated rings. The van der Waals surface area contributed by atoms with Crippen molar-refractivity contribution in [1.82, 2.24) is 10.6 Å². The number of carbonyl (C=O) groups excluding carboxylic acids is 2. The Bertz CT molecular complexity index is 838. The van der Waals surface area contributed by atoms with Gasteiger partial charge < -0.3 is 20.7 Å². The van der Waals surface area contributed by atoms with Crippen molar-refractivity contribution in [2.24, 2.45) is 0 Å². The normalized spacial score (nSPS) is 13.4. The number of hydrogen-bond acceptors (Lipinski definition) is 4. The molecule has 1 aliphatic heterocycles. The van der Waals surface area contributed by atoms with E-state index in [0.717, 1.165) is 24.3 Å². The summed E-state index contributed by atoms with van der Waals surface area (Å²) in [6.07, 6.45) is 0. The van der Waals surface area contributed by atoms with E-state index in [1.807, 2.05) is 31.2 Å². The van der Waals surface area contributed by atoms with Crippen LogP contribution >= 0.6 is 0 Å². The number of rotatable bonds is 7. The lowest BCUT2D eigenvalue weighted by atomic mass is 10.1. The molecule has 1 saturated heterocycles. The van der Waals surface area contributed by atoms with Crippen LogP contribution in [-0.2, 0) is 6.54 Å². The van der Waals surface area contributed by atoms with Crippen LogP contribution in [0.3, 0.4) is 0 Å². The molecule has 3 rings (SSSR count). The molecule has 0 spiro atoms. The second kappa shape index (κ2) is 8.55. The van der Waals surface area contributed by atoms with E-state index >= 15 is 0 Å². The monoisotopic (exact) mass is 368 g/mol. The summed E-state index contributed by atoms with van der Waals surface area (Å²) in [4.78, 5) is 26.3. The lowest BCUT2D eigenvalue weighted by molar-refractivity contribution is 0.102. The van der Waals surface area contributed by atoms with E-state index in [4.69, 9.17) is 4.74 Å². The number of benzene rings is 2. The van der Waals surface area contributed by atoms with Gasteiger partial charge in [-0.3, -0.25) is 9.69 Å². The van der Waals surface area contributed by atoms with Crippen molar-refractivity contribution in [3.8, 4) is 5.75 Å². The van der Waals surface area contributed by atoms with Crippen molar-refractivity contribution in [2.75, 3.05) is 37.0 Å². The summed E-state index contributed by atoms with van der Waals surface area (Å²) in [6, 6.07) is 12.6. The molecule has 27 heavy (non-hydrogen) atoms. The van der Waals surface area contributed by atoms with Gasteiger partial charge in [-0.25, -0.2) is 4.79 Å². The quantitative estimate of drug-likeness (QED) is 0.702. The summed E-state index contributed by atoms with van der Waals surface area (Å²) < 4.78 is 5.35. The van der Waals surface area contributed by atoms with Gasteiger partial charge in [-0.2, -0.15) is 0 Å². The van der Waals surface area contributed by atoms with Gasteiger partial charge in [-0.05, 0) is 42.4 Å². The van der Waals surface area contributed by atoms with Crippen LogP contribution in [0.1, 0.15) is 22.8 Å². The van der Waals surface area contributed by atoms with Crippen molar-refractivity contribution < 1.29 is 14.3 Å². The summed E-state index contributed by atoms with van der Waals surface area (Å²) in [5.41, 5.74) is 2.87. The molecule has 3 N–H and O–H groups in total. The van der Waals surface area contributed by atoms with Crippen LogP contribution in [0, 0.1) is 0 Å². The Kier molecular flexibility index (Phi) is 5.93. The van der Waals surface area contributed by atoms with E-state index in [9.17, 15) is 9.59 Å². The van der Waals surface area contributed by atoms with Gasteiger partial charge in [0, 0.05) is 30.9 Å². The van der Waals surface area contributed by atoms with Crippen LogP contribution in [0.15, 0.2) is 42.5 Å². The first-order valence-corrected chi connectivity index (χ1v) is 8.96.